The van der Waals surface area contributed by atoms with Crippen molar-refractivity contribution in [3.8, 4) is 0 Å². The van der Waals surface area contributed by atoms with Crippen molar-refractivity contribution < 1.29 is 4.79 Å². The molecule has 0 heterocycles. The molecule has 1 unspecified atom stereocenters. The van der Waals surface area contributed by atoms with Crippen molar-refractivity contribution in [3.63, 3.8) is 0 Å². The third-order valence-corrected chi connectivity index (χ3v) is 4.62. The van der Waals surface area contributed by atoms with Gasteiger partial charge < -0.3 is 11.1 Å². The van der Waals surface area contributed by atoms with Crippen molar-refractivity contribution in [3.05, 3.63) is 0 Å². The van der Waals surface area contributed by atoms with E-state index in [0.29, 0.717) is 18.0 Å². The van der Waals surface area contributed by atoms with Crippen LogP contribution < -0.4 is 11.1 Å². The molecule has 0 radical (unpaired) electrons. The Labute approximate surface area is 105 Å². The summed E-state index contributed by atoms with van der Waals surface area (Å²) in [4.78, 5) is 12.1. The molecule has 1 atom stereocenters. The van der Waals surface area contributed by atoms with Crippen LogP contribution in [-0.2, 0) is 4.79 Å². The van der Waals surface area contributed by atoms with Gasteiger partial charge in [0.2, 0.25) is 5.91 Å². The van der Waals surface area contributed by atoms with E-state index in [2.05, 4.69) is 12.2 Å². The van der Waals surface area contributed by atoms with Crippen molar-refractivity contribution in [1.29, 1.82) is 0 Å². The largest absolute Gasteiger partial charge is 0.353 e. The highest BCUT2D eigenvalue weighted by atomic mass is 16.1. The maximum absolute atomic E-state index is 12.1. The third-order valence-electron chi connectivity index (χ3n) is 4.62. The highest BCUT2D eigenvalue weighted by molar-refractivity contribution is 5.79. The fourth-order valence-corrected chi connectivity index (χ4v) is 3.30. The molecule has 3 N–H and O–H groups in total. The molecule has 2 aliphatic rings. The number of nitrogens with two attached hydrogens (primary N) is 1. The van der Waals surface area contributed by atoms with E-state index in [1.807, 2.05) is 0 Å². The van der Waals surface area contributed by atoms with Crippen LogP contribution >= 0.6 is 0 Å². The number of nitrogens with one attached hydrogen (secondary N) is 1. The number of amides is 1. The lowest BCUT2D eigenvalue weighted by Gasteiger charge is -2.28. The molecule has 3 nitrogen and oxygen atoms in total. The number of hydrogen-bond donors (Lipinski definition) is 2. The van der Waals surface area contributed by atoms with Crippen LogP contribution in [0.15, 0.2) is 0 Å². The first-order valence-electron chi connectivity index (χ1n) is 7.22. The lowest BCUT2D eigenvalue weighted by atomic mass is 9.85. The third kappa shape index (κ3) is 3.44. The summed E-state index contributed by atoms with van der Waals surface area (Å²) < 4.78 is 0. The van der Waals surface area contributed by atoms with Gasteiger partial charge in [0.05, 0.1) is 0 Å². The standard InChI is InChI=1S/C14H26N2O/c1-10(11-4-2-3-5-11)16-14(17)12-6-8-13(15)9-7-12/h10-13H,2-9,15H2,1H3,(H,16,17). The fraction of sp³-hybridized carbons (Fsp3) is 0.929. The molecule has 2 saturated carbocycles. The van der Waals surface area contributed by atoms with E-state index < -0.39 is 0 Å². The SMILES string of the molecule is CC(NC(=O)C1CCC(N)CC1)C1CCCC1. The van der Waals surface area contributed by atoms with Crippen molar-refractivity contribution in [2.75, 3.05) is 0 Å². The minimum absolute atomic E-state index is 0.221. The van der Waals surface area contributed by atoms with E-state index in [0.717, 1.165) is 25.7 Å². The summed E-state index contributed by atoms with van der Waals surface area (Å²) in [5.41, 5.74) is 5.87. The Bertz CT molecular complexity index is 253. The topological polar surface area (TPSA) is 55.1 Å². The average Bonchev–Trinajstić information content (AvgIpc) is 2.83. The molecule has 0 saturated heterocycles. The van der Waals surface area contributed by atoms with Crippen LogP contribution in [0.25, 0.3) is 0 Å². The van der Waals surface area contributed by atoms with Crippen LogP contribution in [0, 0.1) is 11.8 Å². The molecule has 98 valence electrons. The molecule has 0 spiro atoms. The molecule has 17 heavy (non-hydrogen) atoms. The monoisotopic (exact) mass is 238 g/mol. The van der Waals surface area contributed by atoms with Gasteiger partial charge in [0, 0.05) is 18.0 Å². The maximum Gasteiger partial charge on any atom is 0.223 e. The lowest BCUT2D eigenvalue weighted by Crippen LogP contribution is -2.42. The van der Waals surface area contributed by atoms with Crippen molar-refractivity contribution in [2.24, 2.45) is 17.6 Å². The normalized spacial score (nSPS) is 32.4. The zero-order chi connectivity index (χ0) is 12.3. The van der Waals surface area contributed by atoms with Crippen LogP contribution in [0.2, 0.25) is 0 Å². The first kappa shape index (κ1) is 12.9. The van der Waals surface area contributed by atoms with Gasteiger partial charge in [-0.2, -0.15) is 0 Å². The first-order valence-corrected chi connectivity index (χ1v) is 7.22. The fourth-order valence-electron chi connectivity index (χ4n) is 3.30. The zero-order valence-electron chi connectivity index (χ0n) is 11.0. The summed E-state index contributed by atoms with van der Waals surface area (Å²) in [5.74, 6) is 1.21. The van der Waals surface area contributed by atoms with Gasteiger partial charge in [-0.05, 0) is 51.4 Å². The second kappa shape index (κ2) is 5.85. The molecule has 0 aliphatic heterocycles. The van der Waals surface area contributed by atoms with E-state index in [4.69, 9.17) is 5.73 Å². The second-order valence-corrected chi connectivity index (χ2v) is 5.95. The Morgan fingerprint density at radius 2 is 1.71 bits per heavy atom. The van der Waals surface area contributed by atoms with E-state index in [-0.39, 0.29) is 11.8 Å². The van der Waals surface area contributed by atoms with Gasteiger partial charge in [0.25, 0.3) is 0 Å². The molecule has 2 aliphatic carbocycles. The van der Waals surface area contributed by atoms with Gasteiger partial charge in [0.15, 0.2) is 0 Å². The average molecular weight is 238 g/mol. The van der Waals surface area contributed by atoms with Crippen LogP contribution in [-0.4, -0.2) is 18.0 Å². The summed E-state index contributed by atoms with van der Waals surface area (Å²) in [7, 11) is 0. The van der Waals surface area contributed by atoms with Crippen molar-refractivity contribution >= 4 is 5.91 Å². The highest BCUT2D eigenvalue weighted by Gasteiger charge is 2.28. The van der Waals surface area contributed by atoms with Crippen LogP contribution in [0.1, 0.15) is 58.3 Å². The van der Waals surface area contributed by atoms with Crippen molar-refractivity contribution in [2.45, 2.75) is 70.4 Å². The summed E-state index contributed by atoms with van der Waals surface area (Å²) in [6, 6.07) is 0.687. The molecular weight excluding hydrogens is 212 g/mol. The lowest BCUT2D eigenvalue weighted by molar-refractivity contribution is -0.127. The van der Waals surface area contributed by atoms with E-state index in [1.165, 1.54) is 25.7 Å². The number of hydrogen-bond acceptors (Lipinski definition) is 2. The van der Waals surface area contributed by atoms with Gasteiger partial charge in [-0.3, -0.25) is 4.79 Å². The van der Waals surface area contributed by atoms with E-state index in [9.17, 15) is 4.79 Å². The van der Waals surface area contributed by atoms with Crippen molar-refractivity contribution in [1.82, 2.24) is 5.32 Å². The van der Waals surface area contributed by atoms with Gasteiger partial charge >= 0.3 is 0 Å². The van der Waals surface area contributed by atoms with Gasteiger partial charge in [-0.1, -0.05) is 12.8 Å². The van der Waals surface area contributed by atoms with Crippen LogP contribution in [0.5, 0.6) is 0 Å². The quantitative estimate of drug-likeness (QED) is 0.792. The molecule has 0 aromatic rings. The van der Waals surface area contributed by atoms with E-state index >= 15 is 0 Å². The molecule has 0 aromatic heterocycles. The summed E-state index contributed by atoms with van der Waals surface area (Å²) >= 11 is 0. The minimum Gasteiger partial charge on any atom is -0.353 e. The molecule has 0 aromatic carbocycles. The zero-order valence-corrected chi connectivity index (χ0v) is 11.0. The molecule has 3 heteroatoms. The molecule has 1 amide bonds. The first-order chi connectivity index (χ1) is 8.16. The molecular formula is C14H26N2O. The number of carbonyl (C=O) groups is 1. The predicted octanol–water partition coefficient (Wildman–Crippen LogP) is 2.20. The van der Waals surface area contributed by atoms with Crippen LogP contribution in [0.3, 0.4) is 0 Å². The van der Waals surface area contributed by atoms with Gasteiger partial charge in [0.1, 0.15) is 0 Å². The summed E-state index contributed by atoms with van der Waals surface area (Å²) in [6.07, 6.45) is 9.22. The summed E-state index contributed by atoms with van der Waals surface area (Å²) in [6.45, 7) is 2.17. The Kier molecular flexibility index (Phi) is 4.43. The highest BCUT2D eigenvalue weighted by Crippen LogP contribution is 2.28. The molecule has 2 fully saturated rings. The Morgan fingerprint density at radius 3 is 2.29 bits per heavy atom. The smallest absolute Gasteiger partial charge is 0.223 e. The van der Waals surface area contributed by atoms with Gasteiger partial charge in [-0.25, -0.2) is 0 Å². The Morgan fingerprint density at radius 1 is 1.12 bits per heavy atom. The number of carbonyl (C=O) groups excluding carboxylic acids is 1. The van der Waals surface area contributed by atoms with Crippen LogP contribution in [0.4, 0.5) is 0 Å². The number of rotatable bonds is 3. The second-order valence-electron chi connectivity index (χ2n) is 5.95. The van der Waals surface area contributed by atoms with Gasteiger partial charge in [-0.15, -0.1) is 0 Å². The Hall–Kier alpha value is -0.570. The maximum atomic E-state index is 12.1. The molecule has 2 rings (SSSR count). The minimum atomic E-state index is 0.221. The van der Waals surface area contributed by atoms with E-state index in [1.54, 1.807) is 0 Å². The summed E-state index contributed by atoms with van der Waals surface area (Å²) in [5, 5.41) is 3.23. The predicted molar refractivity (Wildman–Crippen MR) is 69.5 cm³/mol. The molecule has 0 bridgehead atoms. The Balaban J connectivity index is 1.76.